The van der Waals surface area contributed by atoms with Crippen LogP contribution in [-0.2, 0) is 11.3 Å². The molecule has 2 N–H and O–H groups in total. The second kappa shape index (κ2) is 7.34. The lowest BCUT2D eigenvalue weighted by atomic mass is 10.2. The highest BCUT2D eigenvalue weighted by Gasteiger charge is 2.32. The van der Waals surface area contributed by atoms with Crippen LogP contribution in [0.3, 0.4) is 0 Å². The number of carbonyl (C=O) groups is 1. The van der Waals surface area contributed by atoms with E-state index in [1.807, 2.05) is 0 Å². The molecule has 0 atom stereocenters. The van der Waals surface area contributed by atoms with Gasteiger partial charge in [-0.25, -0.2) is 4.98 Å². The van der Waals surface area contributed by atoms with E-state index in [1.165, 1.54) is 30.0 Å². The van der Waals surface area contributed by atoms with Crippen molar-refractivity contribution in [3.05, 3.63) is 35.7 Å². The lowest BCUT2D eigenvalue weighted by Gasteiger charge is -2.13. The van der Waals surface area contributed by atoms with E-state index in [0.717, 1.165) is 18.7 Å². The van der Waals surface area contributed by atoms with Crippen LogP contribution in [0.5, 0.6) is 5.75 Å². The van der Waals surface area contributed by atoms with Crippen LogP contribution in [0.4, 0.5) is 13.2 Å². The van der Waals surface area contributed by atoms with Crippen LogP contribution < -0.4 is 10.1 Å². The molecule has 0 spiro atoms. The van der Waals surface area contributed by atoms with Crippen LogP contribution in [0, 0.1) is 0 Å². The molecular formula is C15H15F3N4O2S. The number of halogens is 3. The molecule has 1 saturated carbocycles. The van der Waals surface area contributed by atoms with Crippen molar-refractivity contribution in [2.45, 2.75) is 36.8 Å². The van der Waals surface area contributed by atoms with Crippen LogP contribution in [0.15, 0.2) is 29.4 Å². The molecule has 0 unspecified atom stereocenters. The molecule has 25 heavy (non-hydrogen) atoms. The zero-order valence-corrected chi connectivity index (χ0v) is 13.8. The smallest absolute Gasteiger partial charge is 0.405 e. The number of alkyl halides is 3. The van der Waals surface area contributed by atoms with Crippen molar-refractivity contribution in [2.24, 2.45) is 0 Å². The van der Waals surface area contributed by atoms with Gasteiger partial charge in [0.2, 0.25) is 11.1 Å². The van der Waals surface area contributed by atoms with Gasteiger partial charge in [-0.15, -0.1) is 18.3 Å². The van der Waals surface area contributed by atoms with Crippen LogP contribution in [0.25, 0.3) is 0 Å². The molecule has 0 aliphatic heterocycles. The molecule has 3 rings (SSSR count). The van der Waals surface area contributed by atoms with Gasteiger partial charge >= 0.3 is 6.36 Å². The lowest BCUT2D eigenvalue weighted by molar-refractivity contribution is -0.274. The third-order valence-corrected chi connectivity index (χ3v) is 4.30. The van der Waals surface area contributed by atoms with Crippen LogP contribution in [0.2, 0.25) is 0 Å². The highest BCUT2D eigenvalue weighted by molar-refractivity contribution is 7.99. The Hall–Kier alpha value is -2.23. The van der Waals surface area contributed by atoms with Crippen molar-refractivity contribution >= 4 is 17.7 Å². The van der Waals surface area contributed by atoms with Gasteiger partial charge in [-0.3, -0.25) is 9.89 Å². The van der Waals surface area contributed by atoms with E-state index in [4.69, 9.17) is 0 Å². The largest absolute Gasteiger partial charge is 0.573 e. The number of nitrogens with one attached hydrogen (secondary N) is 2. The number of aromatic nitrogens is 3. The molecule has 0 saturated heterocycles. The normalized spacial score (nSPS) is 14.4. The molecular weight excluding hydrogens is 357 g/mol. The summed E-state index contributed by atoms with van der Waals surface area (Å²) in [4.78, 5) is 16.2. The predicted octanol–water partition coefficient (Wildman–Crippen LogP) is 2.99. The highest BCUT2D eigenvalue weighted by atomic mass is 32.2. The number of thioether (sulfide) groups is 1. The maximum Gasteiger partial charge on any atom is 0.573 e. The van der Waals surface area contributed by atoms with Gasteiger partial charge in [0.15, 0.2) is 0 Å². The fourth-order valence-corrected chi connectivity index (χ4v) is 2.75. The topological polar surface area (TPSA) is 79.9 Å². The molecule has 1 heterocycles. The first-order valence-corrected chi connectivity index (χ1v) is 8.55. The van der Waals surface area contributed by atoms with Gasteiger partial charge in [0.05, 0.1) is 5.75 Å². The lowest BCUT2D eigenvalue weighted by Crippen LogP contribution is -2.25. The molecule has 1 amide bonds. The molecule has 2 aromatic rings. The van der Waals surface area contributed by atoms with Gasteiger partial charge in [0, 0.05) is 18.0 Å². The number of rotatable bonds is 7. The van der Waals surface area contributed by atoms with E-state index in [0.29, 0.717) is 11.1 Å². The molecule has 1 aromatic carbocycles. The maximum atomic E-state index is 12.4. The van der Waals surface area contributed by atoms with Crippen LogP contribution in [0.1, 0.15) is 30.1 Å². The zero-order valence-electron chi connectivity index (χ0n) is 13.0. The summed E-state index contributed by atoms with van der Waals surface area (Å²) in [6, 6.07) is 5.68. The van der Waals surface area contributed by atoms with Crippen molar-refractivity contribution < 1.29 is 22.7 Å². The summed E-state index contributed by atoms with van der Waals surface area (Å²) < 4.78 is 41.0. The fraction of sp³-hybridized carbons (Fsp3) is 0.400. The monoisotopic (exact) mass is 372 g/mol. The molecule has 1 fully saturated rings. The minimum atomic E-state index is -4.78. The van der Waals surface area contributed by atoms with Gasteiger partial charge in [-0.05, 0) is 18.9 Å². The SMILES string of the molecule is O=C(CSc1n[nH]c(C2CC2)n1)NCc1ccccc1OC(F)(F)F. The summed E-state index contributed by atoms with van der Waals surface area (Å²) in [5, 5.41) is 9.91. The van der Waals surface area contributed by atoms with Crippen molar-refractivity contribution in [2.75, 3.05) is 5.75 Å². The molecule has 1 aliphatic rings. The maximum absolute atomic E-state index is 12.4. The molecule has 1 aromatic heterocycles. The van der Waals surface area contributed by atoms with Gasteiger partial charge in [0.25, 0.3) is 0 Å². The second-order valence-corrected chi connectivity index (χ2v) is 6.44. The fourth-order valence-electron chi connectivity index (χ4n) is 2.11. The number of nitrogens with zero attached hydrogens (tertiary/aromatic N) is 2. The summed E-state index contributed by atoms with van der Waals surface area (Å²) in [5.74, 6) is 0.696. The Kier molecular flexibility index (Phi) is 5.16. The molecule has 0 bridgehead atoms. The Morgan fingerprint density at radius 2 is 2.12 bits per heavy atom. The first-order chi connectivity index (χ1) is 11.9. The molecule has 134 valence electrons. The minimum absolute atomic E-state index is 0.0625. The number of aromatic amines is 1. The Balaban J connectivity index is 1.48. The van der Waals surface area contributed by atoms with Crippen molar-refractivity contribution in [1.82, 2.24) is 20.5 Å². The zero-order chi connectivity index (χ0) is 17.9. The number of hydrogen-bond donors (Lipinski definition) is 2. The van der Waals surface area contributed by atoms with E-state index in [1.54, 1.807) is 6.07 Å². The quantitative estimate of drug-likeness (QED) is 0.731. The summed E-state index contributed by atoms with van der Waals surface area (Å²) >= 11 is 1.17. The standard InChI is InChI=1S/C15H15F3N4O2S/c16-15(17,18)24-11-4-2-1-3-10(11)7-19-12(23)8-25-14-20-13(21-22-14)9-5-6-9/h1-4,9H,5-8H2,(H,19,23)(H,20,21,22). The van der Waals surface area contributed by atoms with Gasteiger partial charge in [-0.2, -0.15) is 0 Å². The van der Waals surface area contributed by atoms with E-state index in [-0.39, 0.29) is 29.5 Å². The van der Waals surface area contributed by atoms with Crippen molar-refractivity contribution in [1.29, 1.82) is 0 Å². The van der Waals surface area contributed by atoms with Gasteiger partial charge in [-0.1, -0.05) is 30.0 Å². The number of benzene rings is 1. The number of H-pyrrole nitrogens is 1. The van der Waals surface area contributed by atoms with Crippen LogP contribution >= 0.6 is 11.8 Å². The summed E-state index contributed by atoms with van der Waals surface area (Å²) in [6.45, 7) is -0.0625. The average Bonchev–Trinajstić information content (AvgIpc) is 3.29. The molecule has 0 radical (unpaired) electrons. The third kappa shape index (κ3) is 5.38. The Labute approximate surface area is 145 Å². The third-order valence-electron chi connectivity index (χ3n) is 3.45. The summed E-state index contributed by atoms with van der Waals surface area (Å²) in [5.41, 5.74) is 0.243. The van der Waals surface area contributed by atoms with Crippen molar-refractivity contribution in [3.63, 3.8) is 0 Å². The Morgan fingerprint density at radius 1 is 1.36 bits per heavy atom. The van der Waals surface area contributed by atoms with E-state index >= 15 is 0 Å². The first-order valence-electron chi connectivity index (χ1n) is 7.56. The average molecular weight is 372 g/mol. The first kappa shape index (κ1) is 17.6. The number of para-hydroxylation sites is 1. The van der Waals surface area contributed by atoms with E-state index in [2.05, 4.69) is 25.2 Å². The van der Waals surface area contributed by atoms with Gasteiger partial charge < -0.3 is 10.1 Å². The Bertz CT molecular complexity index is 746. The van der Waals surface area contributed by atoms with Crippen molar-refractivity contribution in [3.8, 4) is 5.75 Å². The molecule has 1 aliphatic carbocycles. The number of amides is 1. The number of hydrogen-bond acceptors (Lipinski definition) is 5. The second-order valence-electron chi connectivity index (χ2n) is 5.50. The summed E-state index contributed by atoms with van der Waals surface area (Å²) in [6.07, 6.45) is -2.58. The number of carbonyl (C=O) groups excluding carboxylic acids is 1. The van der Waals surface area contributed by atoms with E-state index < -0.39 is 6.36 Å². The molecule has 6 nitrogen and oxygen atoms in total. The minimum Gasteiger partial charge on any atom is -0.405 e. The Morgan fingerprint density at radius 3 is 2.84 bits per heavy atom. The number of ether oxygens (including phenoxy) is 1. The molecule has 10 heteroatoms. The summed E-state index contributed by atoms with van der Waals surface area (Å²) in [7, 11) is 0. The predicted molar refractivity (Wildman–Crippen MR) is 84.1 cm³/mol. The highest BCUT2D eigenvalue weighted by Crippen LogP contribution is 2.38. The van der Waals surface area contributed by atoms with Crippen LogP contribution in [-0.4, -0.2) is 33.2 Å². The van der Waals surface area contributed by atoms with E-state index in [9.17, 15) is 18.0 Å². The van der Waals surface area contributed by atoms with Gasteiger partial charge in [0.1, 0.15) is 11.6 Å².